The number of aliphatic hydroxyl groups excluding tert-OH is 1. The Balaban J connectivity index is 2.66. The molecule has 20 heavy (non-hydrogen) atoms. The van der Waals surface area contributed by atoms with Crippen LogP contribution in [-0.2, 0) is 14.4 Å². The number of aliphatic carboxylic acids is 1. The number of ketones is 1. The summed E-state index contributed by atoms with van der Waals surface area (Å²) in [7, 11) is 0. The summed E-state index contributed by atoms with van der Waals surface area (Å²) in [6, 6.07) is 7.00. The van der Waals surface area contributed by atoms with Crippen molar-refractivity contribution in [3.05, 3.63) is 35.9 Å². The fourth-order valence-corrected chi connectivity index (χ4v) is 1.64. The molecule has 1 aromatic rings. The molecule has 0 radical (unpaired) electrons. The van der Waals surface area contributed by atoms with Crippen LogP contribution in [0.2, 0.25) is 0 Å². The van der Waals surface area contributed by atoms with Crippen LogP contribution in [0, 0.1) is 0 Å². The number of hydrogen-bond acceptors (Lipinski definition) is 4. The van der Waals surface area contributed by atoms with Gasteiger partial charge in [0, 0.05) is 6.42 Å². The maximum Gasteiger partial charge on any atom is 0.326 e. The lowest BCUT2D eigenvalue weighted by Crippen LogP contribution is -2.43. The second-order valence-electron chi connectivity index (χ2n) is 4.45. The van der Waals surface area contributed by atoms with Crippen LogP contribution in [0.3, 0.4) is 0 Å². The lowest BCUT2D eigenvalue weighted by molar-refractivity contribution is -0.143. The van der Waals surface area contributed by atoms with Crippen LogP contribution in [0.4, 0.5) is 0 Å². The van der Waals surface area contributed by atoms with E-state index in [-0.39, 0.29) is 18.6 Å². The third-order valence-corrected chi connectivity index (χ3v) is 2.76. The van der Waals surface area contributed by atoms with E-state index in [1.165, 1.54) is 6.92 Å². The van der Waals surface area contributed by atoms with E-state index >= 15 is 0 Å². The van der Waals surface area contributed by atoms with Crippen molar-refractivity contribution in [2.45, 2.75) is 31.9 Å². The molecular weight excluding hydrogens is 262 g/mol. The predicted molar refractivity (Wildman–Crippen MR) is 70.9 cm³/mol. The molecule has 0 bridgehead atoms. The van der Waals surface area contributed by atoms with Gasteiger partial charge in [-0.15, -0.1) is 0 Å². The van der Waals surface area contributed by atoms with Crippen molar-refractivity contribution in [3.63, 3.8) is 0 Å². The standard InChI is InChI=1S/C14H17NO5/c1-9(16)7-8-11(14(19)20)15-13(18)12(17)10-5-3-2-4-6-10/h2-6,11-12,17H,7-8H2,1H3,(H,15,18)(H,19,20)/t11-,12-/m0/s1. The van der Waals surface area contributed by atoms with Crippen molar-refractivity contribution >= 4 is 17.7 Å². The minimum Gasteiger partial charge on any atom is -0.480 e. The zero-order valence-electron chi connectivity index (χ0n) is 11.1. The van der Waals surface area contributed by atoms with Crippen molar-refractivity contribution < 1.29 is 24.6 Å². The minimum absolute atomic E-state index is 0.00207. The summed E-state index contributed by atoms with van der Waals surface area (Å²) >= 11 is 0. The van der Waals surface area contributed by atoms with Crippen LogP contribution in [0.15, 0.2) is 30.3 Å². The molecule has 108 valence electrons. The Hall–Kier alpha value is -2.21. The summed E-state index contributed by atoms with van der Waals surface area (Å²) < 4.78 is 0. The van der Waals surface area contributed by atoms with Gasteiger partial charge in [-0.05, 0) is 18.9 Å². The topological polar surface area (TPSA) is 104 Å². The third-order valence-electron chi connectivity index (χ3n) is 2.76. The van der Waals surface area contributed by atoms with Crippen LogP contribution in [-0.4, -0.2) is 33.9 Å². The molecule has 0 aromatic heterocycles. The van der Waals surface area contributed by atoms with Gasteiger partial charge < -0.3 is 20.3 Å². The zero-order chi connectivity index (χ0) is 15.1. The molecule has 6 heteroatoms. The van der Waals surface area contributed by atoms with Gasteiger partial charge in [-0.1, -0.05) is 30.3 Å². The zero-order valence-corrected chi connectivity index (χ0v) is 11.1. The normalized spacial score (nSPS) is 13.3. The predicted octanol–water partition coefficient (Wildman–Crippen LogP) is 0.659. The van der Waals surface area contributed by atoms with E-state index in [1.807, 2.05) is 0 Å². The van der Waals surface area contributed by atoms with Crippen LogP contribution in [0.25, 0.3) is 0 Å². The van der Waals surface area contributed by atoms with Gasteiger partial charge in [-0.3, -0.25) is 4.79 Å². The van der Waals surface area contributed by atoms with Gasteiger partial charge in [0.05, 0.1) is 0 Å². The smallest absolute Gasteiger partial charge is 0.326 e. The first-order chi connectivity index (χ1) is 9.41. The van der Waals surface area contributed by atoms with Crippen LogP contribution in [0.5, 0.6) is 0 Å². The Morgan fingerprint density at radius 2 is 1.80 bits per heavy atom. The van der Waals surface area contributed by atoms with Crippen LogP contribution >= 0.6 is 0 Å². The van der Waals surface area contributed by atoms with Gasteiger partial charge in [0.15, 0.2) is 6.10 Å². The Labute approximate surface area is 116 Å². The van der Waals surface area contributed by atoms with E-state index < -0.39 is 24.0 Å². The highest BCUT2D eigenvalue weighted by Gasteiger charge is 2.24. The molecule has 1 rings (SSSR count). The molecular formula is C14H17NO5. The molecule has 1 amide bonds. The summed E-state index contributed by atoms with van der Waals surface area (Å²) in [5.74, 6) is -2.19. The number of hydrogen-bond donors (Lipinski definition) is 3. The Morgan fingerprint density at radius 3 is 2.30 bits per heavy atom. The van der Waals surface area contributed by atoms with Crippen molar-refractivity contribution in [2.75, 3.05) is 0 Å². The van der Waals surface area contributed by atoms with E-state index in [0.717, 1.165) is 0 Å². The van der Waals surface area contributed by atoms with Crippen molar-refractivity contribution in [1.29, 1.82) is 0 Å². The van der Waals surface area contributed by atoms with Crippen molar-refractivity contribution in [2.24, 2.45) is 0 Å². The highest BCUT2D eigenvalue weighted by atomic mass is 16.4. The van der Waals surface area contributed by atoms with Crippen molar-refractivity contribution in [1.82, 2.24) is 5.32 Å². The maximum absolute atomic E-state index is 11.8. The van der Waals surface area contributed by atoms with Gasteiger partial charge in [-0.25, -0.2) is 4.79 Å². The number of Topliss-reactive ketones (excluding diaryl/α,β-unsaturated/α-hetero) is 1. The first-order valence-electron chi connectivity index (χ1n) is 6.17. The van der Waals surface area contributed by atoms with Gasteiger partial charge in [0.25, 0.3) is 5.91 Å². The fraction of sp³-hybridized carbons (Fsp3) is 0.357. The molecule has 0 heterocycles. The Bertz CT molecular complexity index is 486. The number of rotatable bonds is 7. The lowest BCUT2D eigenvalue weighted by Gasteiger charge is -2.17. The number of carbonyl (C=O) groups excluding carboxylic acids is 2. The summed E-state index contributed by atoms with van der Waals surface area (Å²) in [6.45, 7) is 1.35. The molecule has 3 N–H and O–H groups in total. The summed E-state index contributed by atoms with van der Waals surface area (Å²) in [4.78, 5) is 33.6. The van der Waals surface area contributed by atoms with Crippen LogP contribution < -0.4 is 5.32 Å². The highest BCUT2D eigenvalue weighted by Crippen LogP contribution is 2.12. The average Bonchev–Trinajstić information content (AvgIpc) is 2.42. The van der Waals surface area contributed by atoms with Gasteiger partial charge in [0.2, 0.25) is 0 Å². The molecule has 1 aromatic carbocycles. The number of amides is 1. The maximum atomic E-state index is 11.8. The molecule has 2 atom stereocenters. The van der Waals surface area contributed by atoms with E-state index in [2.05, 4.69) is 5.32 Å². The van der Waals surface area contributed by atoms with Crippen LogP contribution in [0.1, 0.15) is 31.4 Å². The summed E-state index contributed by atoms with van der Waals surface area (Å²) in [6.07, 6.45) is -1.38. The largest absolute Gasteiger partial charge is 0.480 e. The van der Waals surface area contributed by atoms with E-state index in [0.29, 0.717) is 5.56 Å². The molecule has 0 saturated heterocycles. The van der Waals surface area contributed by atoms with Crippen molar-refractivity contribution in [3.8, 4) is 0 Å². The fourth-order valence-electron chi connectivity index (χ4n) is 1.64. The average molecular weight is 279 g/mol. The molecule has 0 spiro atoms. The number of aliphatic hydroxyl groups is 1. The molecule has 6 nitrogen and oxygen atoms in total. The number of carboxylic acid groups (broad SMARTS) is 1. The molecule has 0 aliphatic heterocycles. The Kier molecular flexibility index (Phi) is 5.86. The van der Waals surface area contributed by atoms with E-state index in [4.69, 9.17) is 5.11 Å². The monoisotopic (exact) mass is 279 g/mol. The first kappa shape index (κ1) is 15.8. The molecule has 0 aliphatic rings. The minimum atomic E-state index is -1.43. The Morgan fingerprint density at radius 1 is 1.20 bits per heavy atom. The van der Waals surface area contributed by atoms with E-state index in [9.17, 15) is 19.5 Å². The second-order valence-corrected chi connectivity index (χ2v) is 4.45. The van der Waals surface area contributed by atoms with Gasteiger partial charge >= 0.3 is 5.97 Å². The lowest BCUT2D eigenvalue weighted by atomic mass is 10.1. The molecule has 0 fully saturated rings. The van der Waals surface area contributed by atoms with E-state index in [1.54, 1.807) is 30.3 Å². The molecule has 0 unspecified atom stereocenters. The summed E-state index contributed by atoms with van der Waals surface area (Å²) in [5, 5.41) is 21.0. The van der Waals surface area contributed by atoms with Gasteiger partial charge in [-0.2, -0.15) is 0 Å². The van der Waals surface area contributed by atoms with Gasteiger partial charge in [0.1, 0.15) is 11.8 Å². The summed E-state index contributed by atoms with van der Waals surface area (Å²) in [5.41, 5.74) is 0.376. The highest BCUT2D eigenvalue weighted by molar-refractivity contribution is 5.87. The number of carboxylic acids is 1. The third kappa shape index (κ3) is 4.81. The number of carbonyl (C=O) groups is 3. The number of nitrogens with one attached hydrogen (secondary N) is 1. The molecule has 0 aliphatic carbocycles. The SMILES string of the molecule is CC(=O)CC[C@H](NC(=O)[C@@H](O)c1ccccc1)C(=O)O. The molecule has 0 saturated carbocycles. The second kappa shape index (κ2) is 7.40. The first-order valence-corrected chi connectivity index (χ1v) is 6.17. The quantitative estimate of drug-likeness (QED) is 0.680. The number of benzene rings is 1.